The van der Waals surface area contributed by atoms with Crippen LogP contribution in [0.2, 0.25) is 0 Å². The third-order valence-corrected chi connectivity index (χ3v) is 2.90. The third-order valence-electron chi connectivity index (χ3n) is 2.90. The van der Waals surface area contributed by atoms with E-state index in [9.17, 15) is 0 Å². The molecule has 6 heteroatoms. The zero-order chi connectivity index (χ0) is 12.0. The Hall–Kier alpha value is -0.290. The van der Waals surface area contributed by atoms with Gasteiger partial charge in [0.1, 0.15) is 0 Å². The molecule has 0 amide bonds. The van der Waals surface area contributed by atoms with Gasteiger partial charge in [-0.2, -0.15) is 5.10 Å². The summed E-state index contributed by atoms with van der Waals surface area (Å²) in [6, 6.07) is 2.13. The van der Waals surface area contributed by atoms with Crippen molar-refractivity contribution in [1.82, 2.24) is 20.0 Å². The Labute approximate surface area is 123 Å². The Bertz CT molecular complexity index is 311. The maximum Gasteiger partial charge on any atom is 0.0597 e. The van der Waals surface area contributed by atoms with Gasteiger partial charge in [0, 0.05) is 26.7 Å². The minimum Gasteiger partial charge on any atom is -0.310 e. The van der Waals surface area contributed by atoms with E-state index < -0.39 is 0 Å². The number of nitrogens with one attached hydrogen (secondary N) is 1. The maximum atomic E-state index is 4.32. The summed E-state index contributed by atoms with van der Waals surface area (Å²) in [6.45, 7) is 11.7. The van der Waals surface area contributed by atoms with E-state index in [1.54, 1.807) is 0 Å². The lowest BCUT2D eigenvalue weighted by molar-refractivity contribution is 0.301. The van der Waals surface area contributed by atoms with E-state index in [4.69, 9.17) is 0 Å². The molecule has 0 aromatic carbocycles. The predicted molar refractivity (Wildman–Crippen MR) is 81.9 cm³/mol. The van der Waals surface area contributed by atoms with Crippen molar-refractivity contribution < 1.29 is 0 Å². The molecule has 0 fully saturated rings. The monoisotopic (exact) mass is 296 g/mol. The van der Waals surface area contributed by atoms with Crippen LogP contribution < -0.4 is 5.32 Å². The van der Waals surface area contributed by atoms with Gasteiger partial charge in [-0.05, 0) is 26.1 Å². The first kappa shape index (κ1) is 20.0. The number of aromatic nitrogens is 2. The molecule has 0 unspecified atom stereocenters. The van der Waals surface area contributed by atoms with Crippen LogP contribution in [0.15, 0.2) is 6.07 Å². The quantitative estimate of drug-likeness (QED) is 0.782. The van der Waals surface area contributed by atoms with Crippen molar-refractivity contribution in [2.75, 3.05) is 26.2 Å². The van der Waals surface area contributed by atoms with Crippen LogP contribution >= 0.6 is 24.8 Å². The van der Waals surface area contributed by atoms with Gasteiger partial charge < -0.3 is 10.2 Å². The second kappa shape index (κ2) is 10.6. The van der Waals surface area contributed by atoms with E-state index in [0.29, 0.717) is 0 Å². The molecule has 1 heterocycles. The number of likely N-dealkylation sites (N-methyl/N-ethyl adjacent to an activating group) is 1. The van der Waals surface area contributed by atoms with E-state index in [2.05, 4.69) is 35.2 Å². The lowest BCUT2D eigenvalue weighted by Crippen LogP contribution is -2.31. The van der Waals surface area contributed by atoms with Gasteiger partial charge in [-0.25, -0.2) is 0 Å². The molecule has 0 aliphatic rings. The molecule has 1 rings (SSSR count). The number of halogens is 2. The molecule has 18 heavy (non-hydrogen) atoms. The van der Waals surface area contributed by atoms with Crippen molar-refractivity contribution in [1.29, 1.82) is 0 Å². The molecule has 0 bridgehead atoms. The first-order valence-electron chi connectivity index (χ1n) is 6.10. The van der Waals surface area contributed by atoms with Crippen molar-refractivity contribution in [3.63, 3.8) is 0 Å². The summed E-state index contributed by atoms with van der Waals surface area (Å²) < 4.78 is 1.94. The second-order valence-corrected chi connectivity index (χ2v) is 4.10. The average Bonchev–Trinajstić information content (AvgIpc) is 2.58. The van der Waals surface area contributed by atoms with Crippen molar-refractivity contribution in [2.45, 2.75) is 27.3 Å². The largest absolute Gasteiger partial charge is 0.310 e. The van der Waals surface area contributed by atoms with E-state index in [0.717, 1.165) is 38.4 Å². The van der Waals surface area contributed by atoms with Crippen LogP contribution in [0.4, 0.5) is 0 Å². The predicted octanol–water partition coefficient (Wildman–Crippen LogP) is 2.00. The maximum absolute atomic E-state index is 4.32. The minimum atomic E-state index is 0. The molecule has 0 aliphatic heterocycles. The third kappa shape index (κ3) is 6.59. The standard InChI is InChI=1S/C12H24N4.2ClH/c1-5-16(6-2)8-7-13-10-12-9-11(3)14-15(12)4;;/h9,13H,5-8,10H2,1-4H3;2*1H. The number of aryl methyl sites for hydroxylation is 2. The van der Waals surface area contributed by atoms with Crippen LogP contribution in [-0.4, -0.2) is 40.9 Å². The van der Waals surface area contributed by atoms with Gasteiger partial charge in [0.05, 0.1) is 11.4 Å². The lowest BCUT2D eigenvalue weighted by Gasteiger charge is -2.17. The molecule has 1 aromatic heterocycles. The van der Waals surface area contributed by atoms with Crippen molar-refractivity contribution in [2.24, 2.45) is 7.05 Å². The highest BCUT2D eigenvalue weighted by atomic mass is 35.5. The summed E-state index contributed by atoms with van der Waals surface area (Å²) in [6.07, 6.45) is 0. The van der Waals surface area contributed by atoms with E-state index in [-0.39, 0.29) is 24.8 Å². The number of hydrogen-bond donors (Lipinski definition) is 1. The normalized spacial score (nSPS) is 10.1. The van der Waals surface area contributed by atoms with E-state index in [1.807, 2.05) is 18.7 Å². The molecule has 0 aliphatic carbocycles. The molecule has 0 saturated heterocycles. The first-order valence-corrected chi connectivity index (χ1v) is 6.10. The Kier molecular flexibility index (Phi) is 11.8. The van der Waals surface area contributed by atoms with Gasteiger partial charge in [0.2, 0.25) is 0 Å². The number of hydrogen-bond acceptors (Lipinski definition) is 3. The summed E-state index contributed by atoms with van der Waals surface area (Å²) >= 11 is 0. The van der Waals surface area contributed by atoms with Crippen LogP contribution in [-0.2, 0) is 13.6 Å². The SMILES string of the molecule is CCN(CC)CCNCc1cc(C)nn1C.Cl.Cl. The summed E-state index contributed by atoms with van der Waals surface area (Å²) in [5.74, 6) is 0. The van der Waals surface area contributed by atoms with Crippen LogP contribution in [0.25, 0.3) is 0 Å². The molecule has 1 aromatic rings. The molecule has 108 valence electrons. The van der Waals surface area contributed by atoms with Gasteiger partial charge >= 0.3 is 0 Å². The van der Waals surface area contributed by atoms with Crippen molar-refractivity contribution >= 4 is 24.8 Å². The van der Waals surface area contributed by atoms with Gasteiger partial charge in [0.15, 0.2) is 0 Å². The smallest absolute Gasteiger partial charge is 0.0597 e. The Morgan fingerprint density at radius 3 is 2.33 bits per heavy atom. The molecule has 0 spiro atoms. The highest BCUT2D eigenvalue weighted by Crippen LogP contribution is 2.00. The molecule has 4 nitrogen and oxygen atoms in total. The Balaban J connectivity index is 0. The minimum absolute atomic E-state index is 0. The fraction of sp³-hybridized carbons (Fsp3) is 0.750. The van der Waals surface area contributed by atoms with Gasteiger partial charge in [-0.3, -0.25) is 4.68 Å². The van der Waals surface area contributed by atoms with E-state index >= 15 is 0 Å². The van der Waals surface area contributed by atoms with Gasteiger partial charge in [-0.15, -0.1) is 24.8 Å². The Morgan fingerprint density at radius 1 is 1.28 bits per heavy atom. The molecule has 1 N–H and O–H groups in total. The highest BCUT2D eigenvalue weighted by Gasteiger charge is 2.02. The lowest BCUT2D eigenvalue weighted by atomic mass is 10.3. The fourth-order valence-electron chi connectivity index (χ4n) is 1.82. The molecule has 0 saturated carbocycles. The molecular weight excluding hydrogens is 271 g/mol. The summed E-state index contributed by atoms with van der Waals surface area (Å²) in [7, 11) is 1.99. The fourth-order valence-corrected chi connectivity index (χ4v) is 1.82. The number of nitrogens with zero attached hydrogens (tertiary/aromatic N) is 3. The van der Waals surface area contributed by atoms with Crippen molar-refractivity contribution in [3.8, 4) is 0 Å². The van der Waals surface area contributed by atoms with Gasteiger partial charge in [-0.1, -0.05) is 13.8 Å². The van der Waals surface area contributed by atoms with Crippen LogP contribution in [0.1, 0.15) is 25.2 Å². The first-order chi connectivity index (χ1) is 7.67. The van der Waals surface area contributed by atoms with Gasteiger partial charge in [0.25, 0.3) is 0 Å². The molecule has 0 radical (unpaired) electrons. The summed E-state index contributed by atoms with van der Waals surface area (Å²) in [5, 5.41) is 7.78. The summed E-state index contributed by atoms with van der Waals surface area (Å²) in [4.78, 5) is 2.42. The zero-order valence-corrected chi connectivity index (χ0v) is 13.4. The van der Waals surface area contributed by atoms with E-state index in [1.165, 1.54) is 5.69 Å². The zero-order valence-electron chi connectivity index (χ0n) is 11.8. The number of rotatable bonds is 7. The second-order valence-electron chi connectivity index (χ2n) is 4.10. The highest BCUT2D eigenvalue weighted by molar-refractivity contribution is 5.85. The van der Waals surface area contributed by atoms with Crippen LogP contribution in [0.5, 0.6) is 0 Å². The molecule has 0 atom stereocenters. The Morgan fingerprint density at radius 2 is 1.89 bits per heavy atom. The van der Waals surface area contributed by atoms with Crippen molar-refractivity contribution in [3.05, 3.63) is 17.5 Å². The topological polar surface area (TPSA) is 33.1 Å². The van der Waals surface area contributed by atoms with Crippen LogP contribution in [0.3, 0.4) is 0 Å². The average molecular weight is 297 g/mol. The summed E-state index contributed by atoms with van der Waals surface area (Å²) in [5.41, 5.74) is 2.33. The molecular formula is C12H26Cl2N4. The van der Waals surface area contributed by atoms with Crippen LogP contribution in [0, 0.1) is 6.92 Å².